The van der Waals surface area contributed by atoms with E-state index in [9.17, 15) is 5.11 Å². The third-order valence-electron chi connectivity index (χ3n) is 3.32. The standard InChI is InChI=1S/C14H21NO2/c1-10(2)13(9-16)15-8-12-7-11-5-3-4-6-14(11)17-12/h3-6,10,12-13,15-16H,7-9H2,1-2H3. The summed E-state index contributed by atoms with van der Waals surface area (Å²) >= 11 is 0. The Morgan fingerprint density at radius 2 is 2.18 bits per heavy atom. The molecule has 0 spiro atoms. The first kappa shape index (κ1) is 12.4. The topological polar surface area (TPSA) is 41.5 Å². The third-order valence-corrected chi connectivity index (χ3v) is 3.32. The molecule has 0 saturated heterocycles. The van der Waals surface area contributed by atoms with Crippen LogP contribution in [-0.2, 0) is 6.42 Å². The van der Waals surface area contributed by atoms with Crippen LogP contribution in [0.4, 0.5) is 0 Å². The Balaban J connectivity index is 1.84. The van der Waals surface area contributed by atoms with Gasteiger partial charge in [-0.25, -0.2) is 0 Å². The number of hydrogen-bond acceptors (Lipinski definition) is 3. The van der Waals surface area contributed by atoms with Crippen LogP contribution in [0.15, 0.2) is 24.3 Å². The van der Waals surface area contributed by atoms with Crippen LogP contribution >= 0.6 is 0 Å². The van der Waals surface area contributed by atoms with Gasteiger partial charge in [0.05, 0.1) is 6.61 Å². The highest BCUT2D eigenvalue weighted by atomic mass is 16.5. The normalized spacial score (nSPS) is 20.1. The van der Waals surface area contributed by atoms with Crippen molar-refractivity contribution in [2.24, 2.45) is 5.92 Å². The second-order valence-corrected chi connectivity index (χ2v) is 4.99. The third kappa shape index (κ3) is 2.99. The largest absolute Gasteiger partial charge is 0.488 e. The summed E-state index contributed by atoms with van der Waals surface area (Å²) in [5.74, 6) is 1.44. The minimum absolute atomic E-state index is 0.155. The summed E-state index contributed by atoms with van der Waals surface area (Å²) in [6.45, 7) is 5.19. The fourth-order valence-electron chi connectivity index (χ4n) is 2.16. The zero-order chi connectivity index (χ0) is 12.3. The molecule has 1 heterocycles. The van der Waals surface area contributed by atoms with Gasteiger partial charge in [-0.3, -0.25) is 0 Å². The van der Waals surface area contributed by atoms with Gasteiger partial charge < -0.3 is 15.2 Å². The Morgan fingerprint density at radius 3 is 2.82 bits per heavy atom. The van der Waals surface area contributed by atoms with E-state index in [0.29, 0.717) is 5.92 Å². The zero-order valence-corrected chi connectivity index (χ0v) is 10.5. The second-order valence-electron chi connectivity index (χ2n) is 4.99. The van der Waals surface area contributed by atoms with Gasteiger partial charge in [0.1, 0.15) is 11.9 Å². The molecule has 0 aromatic heterocycles. The molecule has 0 aliphatic carbocycles. The smallest absolute Gasteiger partial charge is 0.123 e. The van der Waals surface area contributed by atoms with Crippen LogP contribution in [0.2, 0.25) is 0 Å². The van der Waals surface area contributed by atoms with Crippen molar-refractivity contribution in [3.05, 3.63) is 29.8 Å². The second kappa shape index (κ2) is 5.52. The number of benzene rings is 1. The lowest BCUT2D eigenvalue weighted by atomic mass is 10.0. The first-order valence-corrected chi connectivity index (χ1v) is 6.29. The fourth-order valence-corrected chi connectivity index (χ4v) is 2.16. The maximum atomic E-state index is 9.24. The first-order valence-electron chi connectivity index (χ1n) is 6.29. The van der Waals surface area contributed by atoms with Crippen molar-refractivity contribution in [3.63, 3.8) is 0 Å². The highest BCUT2D eigenvalue weighted by Crippen LogP contribution is 2.27. The van der Waals surface area contributed by atoms with Crippen molar-refractivity contribution in [2.45, 2.75) is 32.4 Å². The molecule has 1 aromatic carbocycles. The van der Waals surface area contributed by atoms with Crippen LogP contribution in [0.5, 0.6) is 5.75 Å². The van der Waals surface area contributed by atoms with E-state index in [0.717, 1.165) is 18.7 Å². The number of para-hydroxylation sites is 1. The molecule has 2 atom stereocenters. The zero-order valence-electron chi connectivity index (χ0n) is 10.5. The molecule has 94 valence electrons. The van der Waals surface area contributed by atoms with Crippen molar-refractivity contribution in [2.75, 3.05) is 13.2 Å². The predicted octanol–water partition coefficient (Wildman–Crippen LogP) is 1.60. The van der Waals surface area contributed by atoms with E-state index >= 15 is 0 Å². The number of fused-ring (bicyclic) bond motifs is 1. The van der Waals surface area contributed by atoms with Crippen molar-refractivity contribution < 1.29 is 9.84 Å². The van der Waals surface area contributed by atoms with Gasteiger partial charge in [-0.1, -0.05) is 32.0 Å². The summed E-state index contributed by atoms with van der Waals surface area (Å²) in [6, 6.07) is 8.33. The minimum Gasteiger partial charge on any atom is -0.488 e. The van der Waals surface area contributed by atoms with Crippen molar-refractivity contribution in [3.8, 4) is 5.75 Å². The average Bonchev–Trinajstić information content (AvgIpc) is 2.71. The van der Waals surface area contributed by atoms with Gasteiger partial charge in [0.2, 0.25) is 0 Å². The number of rotatable bonds is 5. The van der Waals surface area contributed by atoms with Gasteiger partial charge in [-0.2, -0.15) is 0 Å². The molecule has 2 unspecified atom stereocenters. The lowest BCUT2D eigenvalue weighted by Gasteiger charge is -2.22. The van der Waals surface area contributed by atoms with E-state index in [2.05, 4.69) is 25.2 Å². The van der Waals surface area contributed by atoms with Crippen molar-refractivity contribution >= 4 is 0 Å². The van der Waals surface area contributed by atoms with Gasteiger partial charge in [0, 0.05) is 19.0 Å². The number of aliphatic hydroxyl groups excluding tert-OH is 1. The summed E-state index contributed by atoms with van der Waals surface area (Å²) in [5, 5.41) is 12.6. The number of ether oxygens (including phenoxy) is 1. The fraction of sp³-hybridized carbons (Fsp3) is 0.571. The van der Waals surface area contributed by atoms with Gasteiger partial charge in [-0.05, 0) is 17.5 Å². The Kier molecular flexibility index (Phi) is 4.02. The Hall–Kier alpha value is -1.06. The monoisotopic (exact) mass is 235 g/mol. The Bertz CT molecular complexity index is 340. The molecule has 0 saturated carbocycles. The van der Waals surface area contributed by atoms with Crippen LogP contribution in [0, 0.1) is 5.92 Å². The number of nitrogens with one attached hydrogen (secondary N) is 1. The van der Waals surface area contributed by atoms with Crippen molar-refractivity contribution in [1.29, 1.82) is 0 Å². The van der Waals surface area contributed by atoms with Gasteiger partial charge in [-0.15, -0.1) is 0 Å². The van der Waals surface area contributed by atoms with Gasteiger partial charge in [0.15, 0.2) is 0 Å². The van der Waals surface area contributed by atoms with Crippen LogP contribution in [0.25, 0.3) is 0 Å². The molecule has 1 aliphatic heterocycles. The molecule has 17 heavy (non-hydrogen) atoms. The molecule has 0 bridgehead atoms. The first-order chi connectivity index (χ1) is 8.20. The molecule has 0 amide bonds. The SMILES string of the molecule is CC(C)C(CO)NCC1Cc2ccccc2O1. The molecule has 3 heteroatoms. The van der Waals surface area contributed by atoms with Crippen LogP contribution in [0.1, 0.15) is 19.4 Å². The Morgan fingerprint density at radius 1 is 1.41 bits per heavy atom. The maximum Gasteiger partial charge on any atom is 0.123 e. The maximum absolute atomic E-state index is 9.24. The van der Waals surface area contributed by atoms with E-state index < -0.39 is 0 Å². The highest BCUT2D eigenvalue weighted by molar-refractivity contribution is 5.37. The molecule has 0 radical (unpaired) electrons. The quantitative estimate of drug-likeness (QED) is 0.814. The molecule has 2 rings (SSSR count). The lowest BCUT2D eigenvalue weighted by Crippen LogP contribution is -2.42. The number of aliphatic hydroxyl groups is 1. The lowest BCUT2D eigenvalue weighted by molar-refractivity contribution is 0.178. The van der Waals surface area contributed by atoms with Gasteiger partial charge >= 0.3 is 0 Å². The van der Waals surface area contributed by atoms with Crippen LogP contribution < -0.4 is 10.1 Å². The van der Waals surface area contributed by atoms with E-state index in [-0.39, 0.29) is 18.8 Å². The van der Waals surface area contributed by atoms with Crippen molar-refractivity contribution in [1.82, 2.24) is 5.32 Å². The summed E-state index contributed by atoms with van der Waals surface area (Å²) in [7, 11) is 0. The summed E-state index contributed by atoms with van der Waals surface area (Å²) in [5.41, 5.74) is 1.28. The van der Waals surface area contributed by atoms with Crippen LogP contribution in [0.3, 0.4) is 0 Å². The summed E-state index contributed by atoms with van der Waals surface area (Å²) in [4.78, 5) is 0. The Labute approximate surface area is 103 Å². The van der Waals surface area contributed by atoms with Crippen LogP contribution in [-0.4, -0.2) is 30.4 Å². The molecule has 2 N–H and O–H groups in total. The van der Waals surface area contributed by atoms with E-state index in [1.165, 1.54) is 5.56 Å². The summed E-state index contributed by atoms with van der Waals surface area (Å²) in [6.07, 6.45) is 1.15. The summed E-state index contributed by atoms with van der Waals surface area (Å²) < 4.78 is 5.84. The average molecular weight is 235 g/mol. The molecule has 0 fully saturated rings. The molecule has 1 aromatic rings. The minimum atomic E-state index is 0.155. The van der Waals surface area contributed by atoms with E-state index in [1.54, 1.807) is 0 Å². The van der Waals surface area contributed by atoms with Gasteiger partial charge in [0.25, 0.3) is 0 Å². The molecule has 3 nitrogen and oxygen atoms in total. The predicted molar refractivity (Wildman–Crippen MR) is 68.3 cm³/mol. The molecular weight excluding hydrogens is 214 g/mol. The number of hydrogen-bond donors (Lipinski definition) is 2. The highest BCUT2D eigenvalue weighted by Gasteiger charge is 2.23. The molecular formula is C14H21NO2. The molecule has 1 aliphatic rings. The van der Waals surface area contributed by atoms with E-state index in [1.807, 2.05) is 18.2 Å². The van der Waals surface area contributed by atoms with E-state index in [4.69, 9.17) is 4.74 Å².